The lowest BCUT2D eigenvalue weighted by molar-refractivity contribution is -0.165. The van der Waals surface area contributed by atoms with Crippen LogP contribution in [0.15, 0.2) is 11.4 Å². The Balaban J connectivity index is 1.88. The molecule has 0 radical (unpaired) electrons. The predicted molar refractivity (Wildman–Crippen MR) is 85.4 cm³/mol. The molecule has 0 amide bonds. The van der Waals surface area contributed by atoms with Gasteiger partial charge in [-0.05, 0) is 25.8 Å². The fourth-order valence-corrected chi connectivity index (χ4v) is 3.29. The van der Waals surface area contributed by atoms with Crippen LogP contribution in [0.3, 0.4) is 0 Å². The van der Waals surface area contributed by atoms with E-state index in [4.69, 9.17) is 14.6 Å². The summed E-state index contributed by atoms with van der Waals surface area (Å²) in [6, 6.07) is 0. The number of epoxide rings is 1. The van der Waals surface area contributed by atoms with Crippen LogP contribution in [-0.2, 0) is 14.3 Å². The third-order valence-electron chi connectivity index (χ3n) is 5.24. The molecule has 7 nitrogen and oxygen atoms in total. The van der Waals surface area contributed by atoms with Crippen molar-refractivity contribution < 1.29 is 39.1 Å². The maximum absolute atomic E-state index is 13.4. The molecule has 0 bridgehead atoms. The molecule has 8 heteroatoms. The van der Waals surface area contributed by atoms with Gasteiger partial charge < -0.3 is 29.9 Å². The molecule has 2 rings (SSSR count). The van der Waals surface area contributed by atoms with Gasteiger partial charge in [0.05, 0.1) is 37.1 Å². The lowest BCUT2D eigenvalue weighted by Crippen LogP contribution is -2.50. The van der Waals surface area contributed by atoms with Crippen molar-refractivity contribution >= 4 is 5.97 Å². The summed E-state index contributed by atoms with van der Waals surface area (Å²) < 4.78 is 24.5. The van der Waals surface area contributed by atoms with Gasteiger partial charge in [-0.2, -0.15) is 4.39 Å². The number of aliphatic hydroxyl groups excluding tert-OH is 3. The molecule has 0 aromatic heterocycles. The number of aliphatic carboxylic acids is 1. The summed E-state index contributed by atoms with van der Waals surface area (Å²) in [6.45, 7) is 5.07. The van der Waals surface area contributed by atoms with Crippen LogP contribution in [0.1, 0.15) is 33.6 Å². The summed E-state index contributed by atoms with van der Waals surface area (Å²) >= 11 is 0. The van der Waals surface area contributed by atoms with E-state index in [2.05, 4.69) is 0 Å². The van der Waals surface area contributed by atoms with Crippen molar-refractivity contribution in [3.05, 3.63) is 11.4 Å². The summed E-state index contributed by atoms with van der Waals surface area (Å²) in [4.78, 5) is 10.6. The van der Waals surface area contributed by atoms with Gasteiger partial charge in [0.2, 0.25) is 5.83 Å². The van der Waals surface area contributed by atoms with Crippen molar-refractivity contribution in [3.8, 4) is 0 Å². The summed E-state index contributed by atoms with van der Waals surface area (Å²) in [5, 5.41) is 38.8. The van der Waals surface area contributed by atoms with E-state index in [1.165, 1.54) is 6.92 Å². The minimum absolute atomic E-state index is 0.0175. The third kappa shape index (κ3) is 4.77. The van der Waals surface area contributed by atoms with Crippen molar-refractivity contribution in [2.75, 3.05) is 6.61 Å². The molecular formula is C17H27FO7. The number of halogens is 1. The average Bonchev–Trinajstić information content (AvgIpc) is 3.31. The predicted octanol–water partition coefficient (Wildman–Crippen LogP) is 0.616. The first kappa shape index (κ1) is 20.3. The molecule has 144 valence electrons. The number of carbonyl (C=O) groups is 1. The molecule has 0 spiro atoms. The van der Waals surface area contributed by atoms with E-state index in [9.17, 15) is 24.5 Å². The van der Waals surface area contributed by atoms with Crippen molar-refractivity contribution in [1.29, 1.82) is 0 Å². The van der Waals surface area contributed by atoms with Gasteiger partial charge in [-0.25, -0.2) is 4.79 Å². The van der Waals surface area contributed by atoms with Crippen LogP contribution < -0.4 is 0 Å². The summed E-state index contributed by atoms with van der Waals surface area (Å²) in [6.07, 6.45) is -3.43. The number of hydrogen-bond donors (Lipinski definition) is 4. The minimum Gasteiger partial charge on any atom is -0.476 e. The molecule has 2 saturated heterocycles. The van der Waals surface area contributed by atoms with Gasteiger partial charge in [-0.3, -0.25) is 0 Å². The Morgan fingerprint density at radius 2 is 1.88 bits per heavy atom. The first-order valence-electron chi connectivity index (χ1n) is 8.53. The molecule has 0 saturated carbocycles. The maximum Gasteiger partial charge on any atom is 0.364 e. The fraction of sp³-hybridized carbons (Fsp3) is 0.824. The van der Waals surface area contributed by atoms with Gasteiger partial charge in [0, 0.05) is 18.3 Å². The number of ether oxygens (including phenoxy) is 2. The summed E-state index contributed by atoms with van der Waals surface area (Å²) in [5.74, 6) is -3.29. The van der Waals surface area contributed by atoms with E-state index in [1.54, 1.807) is 6.92 Å². The Bertz CT molecular complexity index is 521. The van der Waals surface area contributed by atoms with Crippen LogP contribution in [0.2, 0.25) is 0 Å². The minimum atomic E-state index is -1.66. The molecule has 2 aliphatic heterocycles. The van der Waals surface area contributed by atoms with Crippen LogP contribution in [0, 0.1) is 11.8 Å². The Hall–Kier alpha value is -1.06. The third-order valence-corrected chi connectivity index (χ3v) is 5.24. The topological polar surface area (TPSA) is 120 Å². The zero-order chi connectivity index (χ0) is 18.9. The van der Waals surface area contributed by atoms with Gasteiger partial charge in [0.25, 0.3) is 0 Å². The maximum atomic E-state index is 13.4. The second kappa shape index (κ2) is 8.09. The van der Waals surface area contributed by atoms with E-state index >= 15 is 0 Å². The zero-order valence-corrected chi connectivity index (χ0v) is 14.6. The van der Waals surface area contributed by atoms with Crippen molar-refractivity contribution in [2.45, 2.75) is 70.2 Å². The molecule has 2 fully saturated rings. The monoisotopic (exact) mass is 362 g/mol. The molecule has 0 aliphatic carbocycles. The Labute approximate surface area is 146 Å². The normalized spacial score (nSPS) is 38.7. The zero-order valence-electron chi connectivity index (χ0n) is 14.6. The van der Waals surface area contributed by atoms with Crippen LogP contribution in [0.25, 0.3) is 0 Å². The molecule has 25 heavy (non-hydrogen) atoms. The Morgan fingerprint density at radius 1 is 1.24 bits per heavy atom. The molecule has 0 unspecified atom stereocenters. The summed E-state index contributed by atoms with van der Waals surface area (Å²) in [7, 11) is 0. The van der Waals surface area contributed by atoms with Crippen molar-refractivity contribution in [2.24, 2.45) is 11.8 Å². The van der Waals surface area contributed by atoms with E-state index in [1.807, 2.05) is 6.92 Å². The van der Waals surface area contributed by atoms with E-state index < -0.39 is 36.2 Å². The standard InChI is InChI=1S/C17H27FO7/c1-7(13(18)17(22)23)4-11-15(21)14(20)10(6-24-11)5-12-16(25-12)8(2)9(3)19/h8-12,14-16,19-21H,4-6H2,1-3H3,(H,22,23)/t8-,9-,10-,11-,12-,14+,15-,16-/m0/s1. The highest BCUT2D eigenvalue weighted by molar-refractivity contribution is 5.84. The molecule has 2 aliphatic rings. The SMILES string of the molecule is CC(C[C@@H]1OC[C@H](C[C@@H]2O[C@H]2[C@@H](C)[C@H](C)O)[C@@H](O)[C@H]1O)=C(F)C(=O)O. The fourth-order valence-electron chi connectivity index (χ4n) is 3.29. The number of rotatable bonds is 7. The smallest absolute Gasteiger partial charge is 0.364 e. The van der Waals surface area contributed by atoms with Gasteiger partial charge in [0.1, 0.15) is 6.10 Å². The average molecular weight is 362 g/mol. The Kier molecular flexibility index (Phi) is 6.56. The van der Waals surface area contributed by atoms with Gasteiger partial charge in [0.15, 0.2) is 0 Å². The van der Waals surface area contributed by atoms with Gasteiger partial charge in [-0.1, -0.05) is 6.92 Å². The molecule has 4 N–H and O–H groups in total. The van der Waals surface area contributed by atoms with Crippen molar-refractivity contribution in [3.63, 3.8) is 0 Å². The molecular weight excluding hydrogens is 335 g/mol. The number of aliphatic hydroxyl groups is 3. The highest BCUT2D eigenvalue weighted by Gasteiger charge is 2.48. The first-order chi connectivity index (χ1) is 11.6. The van der Waals surface area contributed by atoms with E-state index in [-0.39, 0.29) is 42.6 Å². The summed E-state index contributed by atoms with van der Waals surface area (Å²) in [5.41, 5.74) is -0.0430. The molecule has 0 aromatic rings. The van der Waals surface area contributed by atoms with Gasteiger partial charge in [-0.15, -0.1) is 0 Å². The van der Waals surface area contributed by atoms with Crippen molar-refractivity contribution in [1.82, 2.24) is 0 Å². The number of hydrogen-bond acceptors (Lipinski definition) is 6. The number of carboxylic acids is 1. The lowest BCUT2D eigenvalue weighted by Gasteiger charge is -2.37. The second-order valence-electron chi connectivity index (χ2n) is 7.19. The highest BCUT2D eigenvalue weighted by Crippen LogP contribution is 2.38. The van der Waals surface area contributed by atoms with Crippen LogP contribution in [-0.4, -0.2) is 69.6 Å². The first-order valence-corrected chi connectivity index (χ1v) is 8.53. The molecule has 8 atom stereocenters. The van der Waals surface area contributed by atoms with Crippen LogP contribution >= 0.6 is 0 Å². The Morgan fingerprint density at radius 3 is 2.44 bits per heavy atom. The highest BCUT2D eigenvalue weighted by atomic mass is 19.1. The van der Waals surface area contributed by atoms with E-state index in [0.29, 0.717) is 6.42 Å². The van der Waals surface area contributed by atoms with Gasteiger partial charge >= 0.3 is 5.97 Å². The van der Waals surface area contributed by atoms with Crippen LogP contribution in [0.4, 0.5) is 4.39 Å². The second-order valence-corrected chi connectivity index (χ2v) is 7.19. The quantitative estimate of drug-likeness (QED) is 0.387. The molecule has 0 aromatic carbocycles. The largest absolute Gasteiger partial charge is 0.476 e. The lowest BCUT2D eigenvalue weighted by atomic mass is 9.85. The number of carboxylic acid groups (broad SMARTS) is 1. The molecule has 2 heterocycles. The van der Waals surface area contributed by atoms with Crippen LogP contribution in [0.5, 0.6) is 0 Å². The van der Waals surface area contributed by atoms with E-state index in [0.717, 1.165) is 0 Å².